The van der Waals surface area contributed by atoms with Crippen molar-refractivity contribution in [3.63, 3.8) is 0 Å². The monoisotopic (exact) mass is 511 g/mol. The van der Waals surface area contributed by atoms with Gasteiger partial charge in [0.25, 0.3) is 0 Å². The van der Waals surface area contributed by atoms with Crippen LogP contribution in [0.25, 0.3) is 17.0 Å². The zero-order chi connectivity index (χ0) is 26.5. The summed E-state index contributed by atoms with van der Waals surface area (Å²) in [7, 11) is 0. The van der Waals surface area contributed by atoms with E-state index < -0.39 is 11.8 Å². The Hall–Kier alpha value is -4.53. The third-order valence-electron chi connectivity index (χ3n) is 5.95. The summed E-state index contributed by atoms with van der Waals surface area (Å²) >= 11 is 1.04. The third-order valence-corrected chi connectivity index (χ3v) is 7.22. The fourth-order valence-electron chi connectivity index (χ4n) is 4.14. The lowest BCUT2D eigenvalue weighted by atomic mass is 10.0. The Kier molecular flexibility index (Phi) is 7.62. The summed E-state index contributed by atoms with van der Waals surface area (Å²) in [6.45, 7) is 3.81. The van der Waals surface area contributed by atoms with E-state index in [0.29, 0.717) is 21.6 Å². The van der Waals surface area contributed by atoms with Crippen LogP contribution in [0.2, 0.25) is 0 Å². The number of allylic oxidation sites excluding steroid dienone is 1. The van der Waals surface area contributed by atoms with Crippen molar-refractivity contribution < 1.29 is 18.7 Å². The van der Waals surface area contributed by atoms with E-state index in [1.165, 1.54) is 12.1 Å². The number of para-hydroxylation sites is 1. The summed E-state index contributed by atoms with van der Waals surface area (Å²) in [5.74, 6) is -1.33. The zero-order valence-corrected chi connectivity index (χ0v) is 21.1. The first-order valence-electron chi connectivity index (χ1n) is 11.5. The number of ketones is 1. The van der Waals surface area contributed by atoms with Gasteiger partial charge in [0.15, 0.2) is 5.78 Å². The molecule has 8 heteroatoms. The molecule has 0 bridgehead atoms. The van der Waals surface area contributed by atoms with Gasteiger partial charge in [-0.15, -0.1) is 11.3 Å². The number of hydrogen-bond acceptors (Lipinski definition) is 6. The average Bonchev–Trinajstić information content (AvgIpc) is 3.40. The molecule has 0 unspecified atom stereocenters. The van der Waals surface area contributed by atoms with Gasteiger partial charge in [-0.3, -0.25) is 4.79 Å². The van der Waals surface area contributed by atoms with Gasteiger partial charge in [-0.05, 0) is 37.6 Å². The van der Waals surface area contributed by atoms with Crippen LogP contribution in [-0.2, 0) is 22.5 Å². The van der Waals surface area contributed by atoms with Crippen molar-refractivity contribution >= 4 is 40.1 Å². The maximum atomic E-state index is 14.3. The summed E-state index contributed by atoms with van der Waals surface area (Å²) in [6.07, 6.45) is 3.11. The van der Waals surface area contributed by atoms with Crippen LogP contribution in [0, 0.1) is 35.4 Å². The Morgan fingerprint density at radius 1 is 1.14 bits per heavy atom. The quantitative estimate of drug-likeness (QED) is 0.165. The molecule has 0 saturated heterocycles. The largest absolute Gasteiger partial charge is 0.462 e. The highest BCUT2D eigenvalue weighted by atomic mass is 32.1. The topological polar surface area (TPSA) is 95.9 Å². The number of Topliss-reactive ketones (excluding diaryl/α,β-unsaturated/α-hetero) is 1. The number of nitriles is 2. The fourth-order valence-corrected chi connectivity index (χ4v) is 5.29. The number of benzene rings is 2. The summed E-state index contributed by atoms with van der Waals surface area (Å²) in [5, 5.41) is 20.2. The molecule has 0 saturated carbocycles. The second-order valence-electron chi connectivity index (χ2n) is 8.28. The van der Waals surface area contributed by atoms with E-state index in [9.17, 15) is 24.5 Å². The Bertz CT molecular complexity index is 1630. The molecule has 37 heavy (non-hydrogen) atoms. The normalized spacial score (nSPS) is 11.2. The van der Waals surface area contributed by atoms with Crippen molar-refractivity contribution in [3.05, 3.63) is 98.1 Å². The number of hydrogen-bond donors (Lipinski definition) is 0. The number of ether oxygens (including phenoxy) is 1. The number of aromatic nitrogens is 1. The lowest BCUT2D eigenvalue weighted by Crippen LogP contribution is -2.05. The lowest BCUT2D eigenvalue weighted by Gasteiger charge is -2.06. The highest BCUT2D eigenvalue weighted by Gasteiger charge is 2.23. The Morgan fingerprint density at radius 2 is 1.86 bits per heavy atom. The molecule has 6 nitrogen and oxygen atoms in total. The van der Waals surface area contributed by atoms with Crippen molar-refractivity contribution in [2.24, 2.45) is 0 Å². The number of rotatable bonds is 8. The highest BCUT2D eigenvalue weighted by Crippen LogP contribution is 2.30. The molecule has 4 rings (SSSR count). The van der Waals surface area contributed by atoms with Crippen LogP contribution in [0.4, 0.5) is 4.39 Å². The fraction of sp³-hybridized carbons (Fsp3) is 0.172. The van der Waals surface area contributed by atoms with Gasteiger partial charge in [0.05, 0.1) is 24.3 Å². The summed E-state index contributed by atoms with van der Waals surface area (Å²) < 4.78 is 21.2. The molecule has 0 radical (unpaired) electrons. The Balaban J connectivity index is 1.68. The molecule has 0 amide bonds. The summed E-state index contributed by atoms with van der Waals surface area (Å²) in [6, 6.07) is 18.1. The molecule has 0 aliphatic carbocycles. The van der Waals surface area contributed by atoms with E-state index in [1.54, 1.807) is 38.2 Å². The minimum Gasteiger partial charge on any atom is -0.462 e. The molecule has 4 aromatic rings. The number of thiophene rings is 1. The first kappa shape index (κ1) is 25.6. The zero-order valence-electron chi connectivity index (χ0n) is 20.2. The maximum Gasteiger partial charge on any atom is 0.348 e. The summed E-state index contributed by atoms with van der Waals surface area (Å²) in [4.78, 5) is 26.1. The van der Waals surface area contributed by atoms with Gasteiger partial charge < -0.3 is 9.30 Å². The molecule has 2 aromatic carbocycles. The standard InChI is InChI=1S/C29H22FN3O3S/c1-3-36-29(35)28-18(2)23(15-32)27(37-28)13-26(34)20(14-31)12-21-17-33(25-11-7-5-9-22(21)25)16-19-8-4-6-10-24(19)30/h4-12,17H,3,13,16H2,1-2H3/b20-12+. The molecule has 2 heterocycles. The molecule has 2 aromatic heterocycles. The first-order chi connectivity index (χ1) is 17.9. The van der Waals surface area contributed by atoms with Gasteiger partial charge >= 0.3 is 5.97 Å². The molecule has 0 N–H and O–H groups in total. The minimum absolute atomic E-state index is 0.0820. The van der Waals surface area contributed by atoms with Crippen molar-refractivity contribution in [1.29, 1.82) is 10.5 Å². The highest BCUT2D eigenvalue weighted by molar-refractivity contribution is 7.14. The molecular weight excluding hydrogens is 489 g/mol. The van der Waals surface area contributed by atoms with E-state index in [4.69, 9.17) is 4.74 Å². The smallest absolute Gasteiger partial charge is 0.348 e. The van der Waals surface area contributed by atoms with Gasteiger partial charge in [0.2, 0.25) is 0 Å². The molecule has 0 aliphatic rings. The van der Waals surface area contributed by atoms with Gasteiger partial charge in [0, 0.05) is 39.5 Å². The van der Waals surface area contributed by atoms with Crippen LogP contribution in [0.1, 0.15) is 43.7 Å². The van der Waals surface area contributed by atoms with Crippen LogP contribution in [0.15, 0.2) is 60.3 Å². The second-order valence-corrected chi connectivity index (χ2v) is 9.38. The second kappa shape index (κ2) is 11.0. The SMILES string of the molecule is CCOC(=O)c1sc(CC(=O)/C(C#N)=C/c2cn(Cc3ccccc3F)c3ccccc23)c(C#N)c1C. The summed E-state index contributed by atoms with van der Waals surface area (Å²) in [5.41, 5.74) is 2.63. The number of esters is 1. The van der Waals surface area contributed by atoms with Gasteiger partial charge in [0.1, 0.15) is 22.8 Å². The van der Waals surface area contributed by atoms with Crippen LogP contribution >= 0.6 is 11.3 Å². The maximum absolute atomic E-state index is 14.3. The molecule has 184 valence electrons. The number of nitrogens with zero attached hydrogens (tertiary/aromatic N) is 3. The first-order valence-corrected chi connectivity index (χ1v) is 12.3. The number of carbonyl (C=O) groups is 2. The van der Waals surface area contributed by atoms with Crippen LogP contribution in [-0.4, -0.2) is 22.9 Å². The van der Waals surface area contributed by atoms with Crippen molar-refractivity contribution in [3.8, 4) is 12.1 Å². The molecular formula is C29H22FN3O3S. The van der Waals surface area contributed by atoms with E-state index >= 15 is 0 Å². The Morgan fingerprint density at radius 3 is 2.57 bits per heavy atom. The third kappa shape index (κ3) is 5.20. The average molecular weight is 512 g/mol. The van der Waals surface area contributed by atoms with Crippen molar-refractivity contribution in [1.82, 2.24) is 4.57 Å². The molecule has 0 fully saturated rings. The Labute approximate surface area is 217 Å². The number of halogens is 1. The van der Waals surface area contributed by atoms with E-state index in [-0.39, 0.29) is 41.4 Å². The van der Waals surface area contributed by atoms with Gasteiger partial charge in [-0.2, -0.15) is 10.5 Å². The lowest BCUT2D eigenvalue weighted by molar-refractivity contribution is -0.114. The number of fused-ring (bicyclic) bond motifs is 1. The van der Waals surface area contributed by atoms with Crippen LogP contribution in [0.3, 0.4) is 0 Å². The predicted octanol–water partition coefficient (Wildman–Crippen LogP) is 5.97. The van der Waals surface area contributed by atoms with E-state index in [1.807, 2.05) is 34.9 Å². The molecule has 0 spiro atoms. The predicted molar refractivity (Wildman–Crippen MR) is 139 cm³/mol. The van der Waals surface area contributed by atoms with Crippen molar-refractivity contribution in [2.45, 2.75) is 26.8 Å². The van der Waals surface area contributed by atoms with Gasteiger partial charge in [-0.25, -0.2) is 9.18 Å². The van der Waals surface area contributed by atoms with Crippen LogP contribution < -0.4 is 0 Å². The molecule has 0 atom stereocenters. The van der Waals surface area contributed by atoms with Crippen LogP contribution in [0.5, 0.6) is 0 Å². The number of carbonyl (C=O) groups excluding carboxylic acids is 2. The van der Waals surface area contributed by atoms with E-state index in [0.717, 1.165) is 22.2 Å². The minimum atomic E-state index is -0.543. The van der Waals surface area contributed by atoms with Gasteiger partial charge in [-0.1, -0.05) is 36.4 Å². The molecule has 0 aliphatic heterocycles. The van der Waals surface area contributed by atoms with Crippen molar-refractivity contribution in [2.75, 3.05) is 6.61 Å². The van der Waals surface area contributed by atoms with E-state index in [2.05, 4.69) is 6.07 Å².